The number of amides is 1. The molecule has 1 atom stereocenters. The molecule has 0 saturated carbocycles. The van der Waals surface area contributed by atoms with Crippen LogP contribution >= 0.6 is 0 Å². The first-order chi connectivity index (χ1) is 9.30. The van der Waals surface area contributed by atoms with E-state index in [4.69, 9.17) is 5.11 Å². The fourth-order valence-electron chi connectivity index (χ4n) is 2.67. The number of nitrogens with one attached hydrogen (secondary N) is 1. The number of carbonyl (C=O) groups is 2. The van der Waals surface area contributed by atoms with E-state index in [0.29, 0.717) is 18.9 Å². The molecule has 2 N–H and O–H groups in total. The largest absolute Gasteiger partial charge is 0.481 e. The zero-order valence-corrected chi connectivity index (χ0v) is 12.9. The average molecular weight is 284 g/mol. The quantitative estimate of drug-likeness (QED) is 0.781. The topological polar surface area (TPSA) is 69.6 Å². The number of nitrogens with zero attached hydrogens (tertiary/aromatic N) is 1. The summed E-state index contributed by atoms with van der Waals surface area (Å²) < 4.78 is 0. The minimum atomic E-state index is -0.858. The Kier molecular flexibility index (Phi) is 6.46. The van der Waals surface area contributed by atoms with Crippen molar-refractivity contribution in [2.45, 2.75) is 58.4 Å². The standard InChI is InChI=1S/C15H28N2O3/c1-15(2,3)17(10-8-14(19)20)13(18)7-6-12-5-4-9-16-11-12/h12,16H,4-11H2,1-3H3,(H,19,20). The van der Waals surface area contributed by atoms with Crippen molar-refractivity contribution < 1.29 is 14.7 Å². The van der Waals surface area contributed by atoms with Gasteiger partial charge < -0.3 is 15.3 Å². The van der Waals surface area contributed by atoms with Gasteiger partial charge >= 0.3 is 5.97 Å². The van der Waals surface area contributed by atoms with Crippen molar-refractivity contribution in [2.75, 3.05) is 19.6 Å². The Balaban J connectivity index is 2.47. The molecular weight excluding hydrogens is 256 g/mol. The van der Waals surface area contributed by atoms with Gasteiger partial charge in [0.15, 0.2) is 0 Å². The number of carboxylic acids is 1. The molecule has 5 nitrogen and oxygen atoms in total. The molecule has 0 radical (unpaired) electrons. The summed E-state index contributed by atoms with van der Waals surface area (Å²) >= 11 is 0. The number of carbonyl (C=O) groups excluding carboxylic acids is 1. The van der Waals surface area contributed by atoms with Gasteiger partial charge in [0.1, 0.15) is 0 Å². The summed E-state index contributed by atoms with van der Waals surface area (Å²) in [5, 5.41) is 12.2. The van der Waals surface area contributed by atoms with Gasteiger partial charge in [0, 0.05) is 18.5 Å². The van der Waals surface area contributed by atoms with Crippen LogP contribution in [0.3, 0.4) is 0 Å². The Labute approximate surface area is 121 Å². The van der Waals surface area contributed by atoms with E-state index in [1.807, 2.05) is 20.8 Å². The maximum absolute atomic E-state index is 12.4. The van der Waals surface area contributed by atoms with Crippen molar-refractivity contribution in [3.8, 4) is 0 Å². The van der Waals surface area contributed by atoms with Crippen molar-refractivity contribution in [3.63, 3.8) is 0 Å². The van der Waals surface area contributed by atoms with Gasteiger partial charge in [-0.15, -0.1) is 0 Å². The van der Waals surface area contributed by atoms with Crippen LogP contribution in [0.4, 0.5) is 0 Å². The predicted octanol–water partition coefficient (Wildman–Crippen LogP) is 1.87. The maximum atomic E-state index is 12.4. The van der Waals surface area contributed by atoms with E-state index >= 15 is 0 Å². The van der Waals surface area contributed by atoms with Crippen molar-refractivity contribution in [2.24, 2.45) is 5.92 Å². The molecule has 1 aliphatic heterocycles. The van der Waals surface area contributed by atoms with Gasteiger partial charge in [-0.05, 0) is 59.0 Å². The highest BCUT2D eigenvalue weighted by Crippen LogP contribution is 2.20. The molecule has 0 aliphatic carbocycles. The highest BCUT2D eigenvalue weighted by molar-refractivity contribution is 5.77. The summed E-state index contributed by atoms with van der Waals surface area (Å²) in [6, 6.07) is 0. The van der Waals surface area contributed by atoms with E-state index in [1.165, 1.54) is 12.8 Å². The third-order valence-corrected chi connectivity index (χ3v) is 3.83. The Morgan fingerprint density at radius 3 is 2.50 bits per heavy atom. The van der Waals surface area contributed by atoms with Crippen molar-refractivity contribution >= 4 is 11.9 Å². The lowest BCUT2D eigenvalue weighted by Gasteiger charge is -2.36. The van der Waals surface area contributed by atoms with Gasteiger partial charge in [-0.1, -0.05) is 0 Å². The monoisotopic (exact) mass is 284 g/mol. The van der Waals surface area contributed by atoms with E-state index in [1.54, 1.807) is 4.90 Å². The molecule has 116 valence electrons. The first-order valence-corrected chi connectivity index (χ1v) is 7.53. The van der Waals surface area contributed by atoms with Gasteiger partial charge in [0.2, 0.25) is 5.91 Å². The summed E-state index contributed by atoms with van der Waals surface area (Å²) in [5.74, 6) is -0.207. The van der Waals surface area contributed by atoms with Crippen LogP contribution in [0.1, 0.15) is 52.9 Å². The molecule has 0 aromatic heterocycles. The van der Waals surface area contributed by atoms with Gasteiger partial charge in [-0.25, -0.2) is 0 Å². The molecule has 5 heteroatoms. The summed E-state index contributed by atoms with van der Waals surface area (Å²) in [6.07, 6.45) is 3.79. The van der Waals surface area contributed by atoms with Crippen LogP contribution < -0.4 is 5.32 Å². The Morgan fingerprint density at radius 2 is 2.00 bits per heavy atom. The lowest BCUT2D eigenvalue weighted by molar-refractivity contribution is -0.140. The second-order valence-electron chi connectivity index (χ2n) is 6.61. The fraction of sp³-hybridized carbons (Fsp3) is 0.867. The number of hydrogen-bond donors (Lipinski definition) is 2. The first kappa shape index (κ1) is 17.0. The maximum Gasteiger partial charge on any atom is 0.305 e. The molecule has 20 heavy (non-hydrogen) atoms. The van der Waals surface area contributed by atoms with Crippen molar-refractivity contribution in [1.82, 2.24) is 10.2 Å². The summed E-state index contributed by atoms with van der Waals surface area (Å²) in [7, 11) is 0. The second kappa shape index (κ2) is 7.62. The molecule has 0 aromatic rings. The molecule has 0 spiro atoms. The fourth-order valence-corrected chi connectivity index (χ4v) is 2.67. The Bertz CT molecular complexity index is 331. The summed E-state index contributed by atoms with van der Waals surface area (Å²) in [6.45, 7) is 8.23. The third-order valence-electron chi connectivity index (χ3n) is 3.83. The van der Waals surface area contributed by atoms with Gasteiger partial charge in [0.05, 0.1) is 6.42 Å². The molecule has 0 bridgehead atoms. The molecule has 1 rings (SSSR count). The Morgan fingerprint density at radius 1 is 1.30 bits per heavy atom. The second-order valence-corrected chi connectivity index (χ2v) is 6.61. The number of aliphatic carboxylic acids is 1. The average Bonchev–Trinajstić information content (AvgIpc) is 2.35. The van der Waals surface area contributed by atoms with E-state index in [0.717, 1.165) is 19.5 Å². The lowest BCUT2D eigenvalue weighted by atomic mass is 9.94. The van der Waals surface area contributed by atoms with Crippen LogP contribution in [0.2, 0.25) is 0 Å². The predicted molar refractivity (Wildman–Crippen MR) is 78.5 cm³/mol. The molecule has 1 heterocycles. The van der Waals surface area contributed by atoms with Crippen LogP contribution in [0, 0.1) is 5.92 Å². The van der Waals surface area contributed by atoms with Crippen LogP contribution in [0.15, 0.2) is 0 Å². The van der Waals surface area contributed by atoms with Gasteiger partial charge in [-0.2, -0.15) is 0 Å². The van der Waals surface area contributed by atoms with Gasteiger partial charge in [-0.3, -0.25) is 9.59 Å². The number of carboxylic acid groups (broad SMARTS) is 1. The molecule has 1 amide bonds. The zero-order chi connectivity index (χ0) is 15.2. The molecule has 0 aromatic carbocycles. The van der Waals surface area contributed by atoms with Crippen molar-refractivity contribution in [1.29, 1.82) is 0 Å². The highest BCUT2D eigenvalue weighted by Gasteiger charge is 2.27. The zero-order valence-electron chi connectivity index (χ0n) is 12.9. The first-order valence-electron chi connectivity index (χ1n) is 7.53. The normalized spacial score (nSPS) is 19.6. The lowest BCUT2D eigenvalue weighted by Crippen LogP contribution is -2.46. The third kappa shape index (κ3) is 5.90. The molecular formula is C15H28N2O3. The molecule has 1 aliphatic rings. The van der Waals surface area contributed by atoms with Crippen LogP contribution in [0.25, 0.3) is 0 Å². The molecule has 1 unspecified atom stereocenters. The minimum absolute atomic E-state index is 0.00793. The Hall–Kier alpha value is -1.10. The van der Waals surface area contributed by atoms with E-state index in [2.05, 4.69) is 5.32 Å². The van der Waals surface area contributed by atoms with E-state index in [9.17, 15) is 9.59 Å². The number of rotatable bonds is 6. The van der Waals surface area contributed by atoms with Crippen molar-refractivity contribution in [3.05, 3.63) is 0 Å². The molecule has 1 fully saturated rings. The van der Waals surface area contributed by atoms with Crippen LogP contribution in [-0.2, 0) is 9.59 Å². The van der Waals surface area contributed by atoms with E-state index < -0.39 is 5.97 Å². The SMILES string of the molecule is CC(C)(C)N(CCC(=O)O)C(=O)CCC1CCCNC1. The summed E-state index contributed by atoms with van der Waals surface area (Å²) in [5.41, 5.74) is -0.322. The number of hydrogen-bond acceptors (Lipinski definition) is 3. The highest BCUT2D eigenvalue weighted by atomic mass is 16.4. The van der Waals surface area contributed by atoms with Gasteiger partial charge in [0.25, 0.3) is 0 Å². The summed E-state index contributed by atoms with van der Waals surface area (Å²) in [4.78, 5) is 24.8. The smallest absolute Gasteiger partial charge is 0.305 e. The molecule has 1 saturated heterocycles. The number of piperidine rings is 1. The minimum Gasteiger partial charge on any atom is -0.481 e. The van der Waals surface area contributed by atoms with Crippen LogP contribution in [-0.4, -0.2) is 47.1 Å². The van der Waals surface area contributed by atoms with E-state index in [-0.39, 0.29) is 17.9 Å². The van der Waals surface area contributed by atoms with Crippen LogP contribution in [0.5, 0.6) is 0 Å².